The molecule has 2 aromatic carbocycles. The largest absolute Gasteiger partial charge is 0.434 e. The van der Waals surface area contributed by atoms with Crippen LogP contribution in [0.5, 0.6) is 0 Å². The van der Waals surface area contributed by atoms with Crippen molar-refractivity contribution in [2.45, 2.75) is 31.9 Å². The SMILES string of the molecule is Fc1cccc(CN(CCC(F)(F)F)Cc2sc(Nc3c(Cl)cc(Cl)cc3Cl)nc2C(F)(F)F)c1. The summed E-state index contributed by atoms with van der Waals surface area (Å²) < 4.78 is 93.3. The van der Waals surface area contributed by atoms with Gasteiger partial charge in [-0.05, 0) is 29.8 Å². The first kappa shape index (κ1) is 27.8. The molecule has 1 heterocycles. The smallest absolute Gasteiger partial charge is 0.329 e. The van der Waals surface area contributed by atoms with Crippen LogP contribution in [0.25, 0.3) is 0 Å². The van der Waals surface area contributed by atoms with E-state index in [9.17, 15) is 30.7 Å². The molecule has 0 aliphatic rings. The van der Waals surface area contributed by atoms with Gasteiger partial charge in [-0.15, -0.1) is 0 Å². The number of nitrogens with zero attached hydrogens (tertiary/aromatic N) is 2. The van der Waals surface area contributed by atoms with Crippen molar-refractivity contribution < 1.29 is 30.7 Å². The fourth-order valence-electron chi connectivity index (χ4n) is 3.10. The third-order valence-corrected chi connectivity index (χ3v) is 6.35. The molecule has 14 heteroatoms. The van der Waals surface area contributed by atoms with Gasteiger partial charge in [0.25, 0.3) is 0 Å². The minimum atomic E-state index is -4.88. The van der Waals surface area contributed by atoms with Crippen molar-refractivity contribution in [3.8, 4) is 0 Å². The van der Waals surface area contributed by atoms with E-state index in [4.69, 9.17) is 34.8 Å². The highest BCUT2D eigenvalue weighted by Gasteiger charge is 2.38. The zero-order chi connectivity index (χ0) is 26.0. The molecule has 0 saturated carbocycles. The maximum absolute atomic E-state index is 13.7. The summed E-state index contributed by atoms with van der Waals surface area (Å²) in [5.41, 5.74) is -0.883. The van der Waals surface area contributed by atoms with Crippen LogP contribution in [0.15, 0.2) is 36.4 Å². The molecule has 0 aliphatic carbocycles. The van der Waals surface area contributed by atoms with Crippen LogP contribution in [0.4, 0.5) is 41.6 Å². The number of rotatable bonds is 8. The van der Waals surface area contributed by atoms with E-state index in [2.05, 4.69) is 10.3 Å². The van der Waals surface area contributed by atoms with E-state index >= 15 is 0 Å². The van der Waals surface area contributed by atoms with Crippen molar-refractivity contribution in [3.63, 3.8) is 0 Å². The van der Waals surface area contributed by atoms with Crippen LogP contribution in [0.2, 0.25) is 15.1 Å². The van der Waals surface area contributed by atoms with E-state index in [-0.39, 0.29) is 37.3 Å². The van der Waals surface area contributed by atoms with Gasteiger partial charge in [-0.2, -0.15) is 26.3 Å². The zero-order valence-electron chi connectivity index (χ0n) is 17.4. The normalized spacial score (nSPS) is 12.4. The molecule has 0 saturated heterocycles. The molecule has 0 radical (unpaired) electrons. The fraction of sp³-hybridized carbons (Fsp3) is 0.286. The third-order valence-electron chi connectivity index (χ3n) is 4.58. The highest BCUT2D eigenvalue weighted by Crippen LogP contribution is 2.41. The van der Waals surface area contributed by atoms with Crippen LogP contribution in [0.3, 0.4) is 0 Å². The molecule has 35 heavy (non-hydrogen) atoms. The van der Waals surface area contributed by atoms with Crippen molar-refractivity contribution in [2.24, 2.45) is 0 Å². The lowest BCUT2D eigenvalue weighted by Crippen LogP contribution is -2.28. The molecule has 0 atom stereocenters. The summed E-state index contributed by atoms with van der Waals surface area (Å²) in [6, 6.07) is 7.75. The summed E-state index contributed by atoms with van der Waals surface area (Å²) in [5, 5.41) is 2.68. The molecular formula is C21H15Cl3F7N3S. The molecule has 0 aliphatic heterocycles. The molecule has 190 valence electrons. The van der Waals surface area contributed by atoms with E-state index in [0.29, 0.717) is 16.9 Å². The minimum Gasteiger partial charge on any atom is -0.329 e. The minimum absolute atomic E-state index is 0.0331. The first-order valence-corrected chi connectivity index (χ1v) is 11.7. The maximum Gasteiger partial charge on any atom is 0.434 e. The molecule has 1 aromatic heterocycles. The Kier molecular flexibility index (Phi) is 8.80. The lowest BCUT2D eigenvalue weighted by atomic mass is 10.2. The summed E-state index contributed by atoms with van der Waals surface area (Å²) in [5.74, 6) is -0.616. The van der Waals surface area contributed by atoms with Crippen LogP contribution in [-0.2, 0) is 19.3 Å². The molecule has 0 spiro atoms. The van der Waals surface area contributed by atoms with Gasteiger partial charge in [0.05, 0.1) is 27.0 Å². The van der Waals surface area contributed by atoms with Crippen LogP contribution in [0, 0.1) is 5.82 Å². The van der Waals surface area contributed by atoms with Crippen LogP contribution >= 0.6 is 46.1 Å². The Balaban J connectivity index is 1.92. The first-order valence-electron chi connectivity index (χ1n) is 9.73. The molecular weight excluding hydrogens is 566 g/mol. The second-order valence-electron chi connectivity index (χ2n) is 7.36. The average molecular weight is 581 g/mol. The molecule has 0 fully saturated rings. The average Bonchev–Trinajstić information content (AvgIpc) is 3.11. The molecule has 0 unspecified atom stereocenters. The Bertz CT molecular complexity index is 1160. The number of benzene rings is 2. The number of nitrogens with one attached hydrogen (secondary N) is 1. The Morgan fingerprint density at radius 1 is 0.943 bits per heavy atom. The highest BCUT2D eigenvalue weighted by molar-refractivity contribution is 7.15. The maximum atomic E-state index is 13.7. The summed E-state index contributed by atoms with van der Waals surface area (Å²) in [6.07, 6.45) is -10.7. The summed E-state index contributed by atoms with van der Waals surface area (Å²) in [6.45, 7) is -1.32. The molecule has 3 rings (SSSR count). The second kappa shape index (κ2) is 11.1. The van der Waals surface area contributed by atoms with Crippen molar-refractivity contribution in [3.05, 3.63) is 73.4 Å². The summed E-state index contributed by atoms with van der Waals surface area (Å²) in [7, 11) is 0. The second-order valence-corrected chi connectivity index (χ2v) is 9.70. The van der Waals surface area contributed by atoms with Crippen molar-refractivity contribution in [1.82, 2.24) is 9.88 Å². The van der Waals surface area contributed by atoms with Gasteiger partial charge in [0.15, 0.2) is 10.8 Å². The van der Waals surface area contributed by atoms with E-state index < -0.39 is 43.4 Å². The number of aromatic nitrogens is 1. The topological polar surface area (TPSA) is 28.2 Å². The predicted octanol–water partition coefficient (Wildman–Crippen LogP) is 8.96. The number of hydrogen-bond acceptors (Lipinski definition) is 4. The van der Waals surface area contributed by atoms with Gasteiger partial charge in [-0.1, -0.05) is 58.3 Å². The van der Waals surface area contributed by atoms with Crippen LogP contribution in [0.1, 0.15) is 22.6 Å². The molecule has 3 nitrogen and oxygen atoms in total. The molecule has 3 aromatic rings. The van der Waals surface area contributed by atoms with Gasteiger partial charge in [-0.25, -0.2) is 9.37 Å². The first-order chi connectivity index (χ1) is 16.2. The molecule has 0 amide bonds. The Labute approximate surface area is 214 Å². The van der Waals surface area contributed by atoms with Crippen molar-refractivity contribution in [2.75, 3.05) is 11.9 Å². The van der Waals surface area contributed by atoms with Crippen molar-refractivity contribution >= 4 is 57.0 Å². The zero-order valence-corrected chi connectivity index (χ0v) is 20.5. The number of alkyl halides is 6. The molecule has 0 bridgehead atoms. The van der Waals surface area contributed by atoms with Gasteiger partial charge in [-0.3, -0.25) is 4.90 Å². The van der Waals surface area contributed by atoms with E-state index in [0.717, 1.165) is 17.0 Å². The van der Waals surface area contributed by atoms with Gasteiger partial charge in [0.1, 0.15) is 5.82 Å². The Morgan fingerprint density at radius 2 is 1.60 bits per heavy atom. The Hall–Kier alpha value is -1.79. The molecule has 1 N–H and O–H groups in total. The fourth-order valence-corrected chi connectivity index (χ4v) is 5.04. The van der Waals surface area contributed by atoms with E-state index in [1.54, 1.807) is 0 Å². The number of hydrogen-bond donors (Lipinski definition) is 1. The quantitative estimate of drug-likeness (QED) is 0.270. The lowest BCUT2D eigenvalue weighted by Gasteiger charge is -2.23. The number of thiazole rings is 1. The van der Waals surface area contributed by atoms with Gasteiger partial charge in [0, 0.05) is 24.7 Å². The van der Waals surface area contributed by atoms with E-state index in [1.165, 1.54) is 24.3 Å². The monoisotopic (exact) mass is 579 g/mol. The highest BCUT2D eigenvalue weighted by atomic mass is 35.5. The van der Waals surface area contributed by atoms with Crippen molar-refractivity contribution in [1.29, 1.82) is 0 Å². The Morgan fingerprint density at radius 3 is 2.17 bits per heavy atom. The van der Waals surface area contributed by atoms with Crippen LogP contribution in [-0.4, -0.2) is 22.6 Å². The van der Waals surface area contributed by atoms with Crippen LogP contribution < -0.4 is 5.32 Å². The number of halogens is 10. The van der Waals surface area contributed by atoms with Gasteiger partial charge < -0.3 is 5.32 Å². The number of anilines is 2. The van der Waals surface area contributed by atoms with Gasteiger partial charge >= 0.3 is 12.4 Å². The summed E-state index contributed by atoms with van der Waals surface area (Å²) in [4.78, 5) is 4.40. The summed E-state index contributed by atoms with van der Waals surface area (Å²) >= 11 is 18.6. The standard InChI is InChI=1S/C21H15Cl3F7N3S/c22-12-7-14(23)17(15(24)8-12)32-19-33-18(21(29,30)31)16(35-19)10-34(5-4-20(26,27)28)9-11-2-1-3-13(25)6-11/h1-3,6-8H,4-5,9-10H2,(H,32,33). The lowest BCUT2D eigenvalue weighted by molar-refractivity contribution is -0.143. The predicted molar refractivity (Wildman–Crippen MR) is 123 cm³/mol. The third kappa shape index (κ3) is 8.11. The van der Waals surface area contributed by atoms with Gasteiger partial charge in [0.2, 0.25) is 0 Å². The van der Waals surface area contributed by atoms with E-state index in [1.807, 2.05) is 0 Å².